The number of hydrogen-bond donors (Lipinski definition) is 1. The second-order valence-electron chi connectivity index (χ2n) is 3.18. The van der Waals surface area contributed by atoms with Crippen molar-refractivity contribution in [1.29, 1.82) is 0 Å². The lowest BCUT2D eigenvalue weighted by atomic mass is 10.4. The van der Waals surface area contributed by atoms with Crippen molar-refractivity contribution in [2.75, 3.05) is 11.4 Å². The van der Waals surface area contributed by atoms with Crippen molar-refractivity contribution >= 4 is 36.0 Å². The lowest BCUT2D eigenvalue weighted by molar-refractivity contribution is -0.117. The predicted octanol–water partition coefficient (Wildman–Crippen LogP) is 1.77. The van der Waals surface area contributed by atoms with Gasteiger partial charge in [0, 0.05) is 18.2 Å². The summed E-state index contributed by atoms with van der Waals surface area (Å²) < 4.78 is 0. The molecule has 1 amide bonds. The summed E-state index contributed by atoms with van der Waals surface area (Å²) in [7, 11) is 0. The van der Waals surface area contributed by atoms with Crippen LogP contribution in [-0.2, 0) is 4.79 Å². The SMILES string of the molecule is O=C1CC(S)CN1c1cccc(Cl)n1. The van der Waals surface area contributed by atoms with Crippen molar-refractivity contribution in [3.8, 4) is 0 Å². The normalized spacial score (nSPS) is 21.7. The van der Waals surface area contributed by atoms with E-state index in [0.717, 1.165) is 0 Å². The number of anilines is 1. The van der Waals surface area contributed by atoms with Gasteiger partial charge in [-0.3, -0.25) is 9.69 Å². The smallest absolute Gasteiger partial charge is 0.229 e. The number of hydrogen-bond acceptors (Lipinski definition) is 3. The van der Waals surface area contributed by atoms with Crippen molar-refractivity contribution in [1.82, 2.24) is 4.98 Å². The van der Waals surface area contributed by atoms with Crippen molar-refractivity contribution in [2.45, 2.75) is 11.7 Å². The monoisotopic (exact) mass is 228 g/mol. The molecule has 3 nitrogen and oxygen atoms in total. The highest BCUT2D eigenvalue weighted by Gasteiger charge is 2.28. The predicted molar refractivity (Wildman–Crippen MR) is 59.0 cm³/mol. The zero-order chi connectivity index (χ0) is 10.1. The van der Waals surface area contributed by atoms with Crippen LogP contribution in [0.4, 0.5) is 5.82 Å². The third-order valence-electron chi connectivity index (χ3n) is 2.08. The van der Waals surface area contributed by atoms with Crippen molar-refractivity contribution in [3.05, 3.63) is 23.4 Å². The Kier molecular flexibility index (Phi) is 2.65. The summed E-state index contributed by atoms with van der Waals surface area (Å²) in [6.45, 7) is 0.606. The van der Waals surface area contributed by atoms with E-state index in [-0.39, 0.29) is 11.2 Å². The molecule has 0 saturated carbocycles. The second kappa shape index (κ2) is 3.79. The van der Waals surface area contributed by atoms with Crippen LogP contribution in [0.2, 0.25) is 5.15 Å². The molecule has 0 spiro atoms. The van der Waals surface area contributed by atoms with Crippen LogP contribution in [0.1, 0.15) is 6.42 Å². The first-order valence-corrected chi connectivity index (χ1v) is 5.17. The fourth-order valence-corrected chi connectivity index (χ4v) is 1.94. The van der Waals surface area contributed by atoms with Crippen molar-refractivity contribution in [2.24, 2.45) is 0 Å². The summed E-state index contributed by atoms with van der Waals surface area (Å²) >= 11 is 10.0. The Hall–Kier alpha value is -0.740. The number of amides is 1. The maximum Gasteiger partial charge on any atom is 0.229 e. The maximum absolute atomic E-state index is 11.5. The third kappa shape index (κ3) is 1.86. The lowest BCUT2D eigenvalue weighted by Crippen LogP contribution is -2.25. The van der Waals surface area contributed by atoms with Gasteiger partial charge in [-0.25, -0.2) is 4.98 Å². The summed E-state index contributed by atoms with van der Waals surface area (Å²) in [5, 5.41) is 0.501. The fraction of sp³-hybridized carbons (Fsp3) is 0.333. The molecule has 1 aliphatic heterocycles. The molecule has 1 fully saturated rings. The Morgan fingerprint density at radius 1 is 1.57 bits per heavy atom. The molecule has 2 heterocycles. The number of rotatable bonds is 1. The Morgan fingerprint density at radius 3 is 2.93 bits per heavy atom. The second-order valence-corrected chi connectivity index (χ2v) is 4.30. The maximum atomic E-state index is 11.5. The zero-order valence-electron chi connectivity index (χ0n) is 7.35. The third-order valence-corrected chi connectivity index (χ3v) is 2.64. The molecule has 1 saturated heterocycles. The number of pyridine rings is 1. The van der Waals surface area contributed by atoms with E-state index in [2.05, 4.69) is 17.6 Å². The lowest BCUT2D eigenvalue weighted by Gasteiger charge is -2.14. The Bertz CT molecular complexity index is 372. The van der Waals surface area contributed by atoms with Gasteiger partial charge < -0.3 is 0 Å². The zero-order valence-corrected chi connectivity index (χ0v) is 9.00. The van der Waals surface area contributed by atoms with Gasteiger partial charge in [-0.2, -0.15) is 12.6 Å². The van der Waals surface area contributed by atoms with Gasteiger partial charge in [-0.1, -0.05) is 17.7 Å². The van der Waals surface area contributed by atoms with Crippen LogP contribution in [0.5, 0.6) is 0 Å². The molecule has 1 aliphatic rings. The van der Waals surface area contributed by atoms with Crippen LogP contribution in [0, 0.1) is 0 Å². The number of carbonyl (C=O) groups excluding carboxylic acids is 1. The Morgan fingerprint density at radius 2 is 2.36 bits per heavy atom. The number of halogens is 1. The average molecular weight is 229 g/mol. The number of carbonyl (C=O) groups is 1. The molecule has 1 atom stereocenters. The minimum Gasteiger partial charge on any atom is -0.296 e. The van der Waals surface area contributed by atoms with Gasteiger partial charge in [0.25, 0.3) is 0 Å². The average Bonchev–Trinajstić information content (AvgIpc) is 2.45. The van der Waals surface area contributed by atoms with Crippen LogP contribution in [0.3, 0.4) is 0 Å². The van der Waals surface area contributed by atoms with E-state index in [9.17, 15) is 4.79 Å². The number of nitrogens with zero attached hydrogens (tertiary/aromatic N) is 2. The molecular weight excluding hydrogens is 220 g/mol. The van der Waals surface area contributed by atoms with Gasteiger partial charge in [0.2, 0.25) is 5.91 Å². The van der Waals surface area contributed by atoms with Crippen LogP contribution in [0.25, 0.3) is 0 Å². The van der Waals surface area contributed by atoms with Crippen LogP contribution in [-0.4, -0.2) is 22.7 Å². The molecule has 1 unspecified atom stereocenters. The molecule has 1 aromatic heterocycles. The van der Waals surface area contributed by atoms with Crippen LogP contribution >= 0.6 is 24.2 Å². The summed E-state index contributed by atoms with van der Waals surface area (Å²) in [5.41, 5.74) is 0. The van der Waals surface area contributed by atoms with E-state index >= 15 is 0 Å². The van der Waals surface area contributed by atoms with Gasteiger partial charge >= 0.3 is 0 Å². The first kappa shape index (κ1) is 9.80. The molecule has 2 rings (SSSR count). The standard InChI is InChI=1S/C9H9ClN2OS/c10-7-2-1-3-8(11-7)12-5-6(14)4-9(12)13/h1-3,6,14H,4-5H2. The first-order valence-electron chi connectivity index (χ1n) is 4.28. The highest BCUT2D eigenvalue weighted by atomic mass is 35.5. The molecule has 0 aromatic carbocycles. The van der Waals surface area contributed by atoms with Crippen LogP contribution in [0.15, 0.2) is 18.2 Å². The van der Waals surface area contributed by atoms with Gasteiger partial charge in [-0.05, 0) is 12.1 Å². The van der Waals surface area contributed by atoms with E-state index < -0.39 is 0 Å². The van der Waals surface area contributed by atoms with Crippen molar-refractivity contribution < 1.29 is 4.79 Å². The van der Waals surface area contributed by atoms with Crippen molar-refractivity contribution in [3.63, 3.8) is 0 Å². The largest absolute Gasteiger partial charge is 0.296 e. The number of thiol groups is 1. The summed E-state index contributed by atoms with van der Waals surface area (Å²) in [5.74, 6) is 0.666. The summed E-state index contributed by atoms with van der Waals surface area (Å²) in [4.78, 5) is 17.2. The topological polar surface area (TPSA) is 33.2 Å². The molecular formula is C9H9ClN2OS. The fourth-order valence-electron chi connectivity index (χ4n) is 1.46. The van der Waals surface area contributed by atoms with Crippen LogP contribution < -0.4 is 4.90 Å². The molecule has 0 aliphatic carbocycles. The molecule has 0 bridgehead atoms. The van der Waals surface area contributed by atoms with E-state index in [0.29, 0.717) is 23.9 Å². The first-order chi connectivity index (χ1) is 6.66. The van der Waals surface area contributed by atoms with E-state index in [1.165, 1.54) is 0 Å². The summed E-state index contributed by atoms with van der Waals surface area (Å²) in [6, 6.07) is 5.24. The molecule has 0 N–H and O–H groups in total. The van der Waals surface area contributed by atoms with E-state index in [4.69, 9.17) is 11.6 Å². The van der Waals surface area contributed by atoms with Gasteiger partial charge in [0.05, 0.1) is 0 Å². The molecule has 14 heavy (non-hydrogen) atoms. The molecule has 74 valence electrons. The molecule has 0 radical (unpaired) electrons. The Balaban J connectivity index is 2.27. The van der Waals surface area contributed by atoms with Gasteiger partial charge in [-0.15, -0.1) is 0 Å². The van der Waals surface area contributed by atoms with Gasteiger partial charge in [0.1, 0.15) is 11.0 Å². The Labute approximate surface area is 92.5 Å². The summed E-state index contributed by atoms with van der Waals surface area (Å²) in [6.07, 6.45) is 0.470. The van der Waals surface area contributed by atoms with E-state index in [1.54, 1.807) is 23.1 Å². The van der Waals surface area contributed by atoms with E-state index in [1.807, 2.05) is 0 Å². The highest BCUT2D eigenvalue weighted by molar-refractivity contribution is 7.81. The molecule has 1 aromatic rings. The minimum absolute atomic E-state index is 0.0553. The van der Waals surface area contributed by atoms with Gasteiger partial charge in [0.15, 0.2) is 0 Å². The number of aromatic nitrogens is 1. The highest BCUT2D eigenvalue weighted by Crippen LogP contribution is 2.23. The molecule has 5 heteroatoms. The quantitative estimate of drug-likeness (QED) is 0.587. The minimum atomic E-state index is 0.0553.